The van der Waals surface area contributed by atoms with Crippen molar-refractivity contribution in [1.82, 2.24) is 9.87 Å². The van der Waals surface area contributed by atoms with Crippen LogP contribution in [0.2, 0.25) is 0 Å². The molecule has 0 bridgehead atoms. The van der Waals surface area contributed by atoms with Gasteiger partial charge in [-0.2, -0.15) is 0 Å². The minimum Gasteiger partial charge on any atom is -0.280 e. The van der Waals surface area contributed by atoms with Crippen LogP contribution in [0.5, 0.6) is 0 Å². The molecule has 1 aromatic carbocycles. The summed E-state index contributed by atoms with van der Waals surface area (Å²) >= 11 is 0. The summed E-state index contributed by atoms with van der Waals surface area (Å²) in [6.07, 6.45) is 2.56. The van der Waals surface area contributed by atoms with Crippen LogP contribution >= 0.6 is 0 Å². The van der Waals surface area contributed by atoms with Gasteiger partial charge in [0.2, 0.25) is 0 Å². The third-order valence-electron chi connectivity index (χ3n) is 2.66. The van der Waals surface area contributed by atoms with Crippen LogP contribution in [-0.4, -0.2) is 28.1 Å². The van der Waals surface area contributed by atoms with Gasteiger partial charge >= 0.3 is 0 Å². The van der Waals surface area contributed by atoms with Gasteiger partial charge in [0.1, 0.15) is 6.61 Å². The van der Waals surface area contributed by atoms with Gasteiger partial charge in [-0.15, -0.1) is 0 Å². The molecule has 1 N–H and O–H groups in total. The quantitative estimate of drug-likeness (QED) is 0.782. The lowest BCUT2D eigenvalue weighted by atomic mass is 10.4. The van der Waals surface area contributed by atoms with E-state index in [4.69, 9.17) is 4.84 Å². The Morgan fingerprint density at radius 2 is 1.77 bits per heavy atom. The number of hydrogen-bond acceptors (Lipinski definition) is 6. The number of benzene rings is 1. The molecule has 0 aliphatic rings. The van der Waals surface area contributed by atoms with E-state index in [0.29, 0.717) is 5.69 Å². The lowest BCUT2D eigenvalue weighted by Crippen LogP contribution is -2.24. The van der Waals surface area contributed by atoms with Crippen LogP contribution in [-0.2, 0) is 31.3 Å². The van der Waals surface area contributed by atoms with Crippen molar-refractivity contribution < 1.29 is 21.7 Å². The summed E-state index contributed by atoms with van der Waals surface area (Å²) in [5.41, 5.74) is 0.551. The van der Waals surface area contributed by atoms with Gasteiger partial charge in [0, 0.05) is 12.5 Å². The third kappa shape index (κ3) is 4.34. The largest absolute Gasteiger partial charge is 0.280 e. The molecule has 0 saturated heterocycles. The van der Waals surface area contributed by atoms with Gasteiger partial charge in [0.05, 0.1) is 15.5 Å². The Bertz CT molecular complexity index is 849. The zero-order valence-electron chi connectivity index (χ0n) is 11.6. The normalized spacial score (nSPS) is 12.2. The molecule has 0 saturated carbocycles. The van der Waals surface area contributed by atoms with E-state index >= 15 is 0 Å². The number of sulfonamides is 1. The smallest absolute Gasteiger partial charge is 0.262 e. The van der Waals surface area contributed by atoms with E-state index < -0.39 is 19.9 Å². The summed E-state index contributed by atoms with van der Waals surface area (Å²) in [5.74, 6) is 0. The van der Waals surface area contributed by atoms with E-state index in [1.54, 1.807) is 24.4 Å². The summed E-state index contributed by atoms with van der Waals surface area (Å²) in [6.45, 7) is -0.0498. The molecule has 7 nitrogen and oxygen atoms in total. The Hall–Kier alpha value is -1.81. The second kappa shape index (κ2) is 6.53. The van der Waals surface area contributed by atoms with Gasteiger partial charge in [-0.25, -0.2) is 16.8 Å². The molecule has 2 rings (SSSR count). The van der Waals surface area contributed by atoms with Gasteiger partial charge in [0.15, 0.2) is 9.84 Å². The van der Waals surface area contributed by atoms with Crippen LogP contribution in [0.3, 0.4) is 0 Å². The summed E-state index contributed by atoms with van der Waals surface area (Å²) in [6, 6.07) is 10.2. The van der Waals surface area contributed by atoms with E-state index in [-0.39, 0.29) is 16.4 Å². The zero-order valence-corrected chi connectivity index (χ0v) is 13.3. The van der Waals surface area contributed by atoms with Gasteiger partial charge in [-0.1, -0.05) is 17.0 Å². The molecule has 0 radical (unpaired) electrons. The fraction of sp³-hybridized carbons (Fsp3) is 0.154. The van der Waals surface area contributed by atoms with Crippen molar-refractivity contribution in [3.8, 4) is 0 Å². The Balaban J connectivity index is 2.11. The third-order valence-corrected chi connectivity index (χ3v) is 4.98. The molecule has 0 unspecified atom stereocenters. The molecule has 0 atom stereocenters. The number of hydrogen-bond donors (Lipinski definition) is 1. The van der Waals surface area contributed by atoms with Crippen LogP contribution < -0.4 is 4.89 Å². The summed E-state index contributed by atoms with van der Waals surface area (Å²) in [4.78, 5) is 10.6. The standard InChI is InChI=1S/C13H14N2O5S2/c1-21(16,17)12-6-4-7-13(9-12)22(18,19)15-20-10-11-5-2-3-8-14-11/h2-9,15H,10H2,1H3. The predicted molar refractivity (Wildman–Crippen MR) is 78.9 cm³/mol. The van der Waals surface area contributed by atoms with E-state index in [9.17, 15) is 16.8 Å². The first-order valence-corrected chi connectivity index (χ1v) is 9.50. The van der Waals surface area contributed by atoms with Crippen molar-refractivity contribution >= 4 is 19.9 Å². The van der Waals surface area contributed by atoms with Crippen molar-refractivity contribution in [3.05, 3.63) is 54.4 Å². The highest BCUT2D eigenvalue weighted by atomic mass is 32.2. The molecule has 0 amide bonds. The number of sulfone groups is 1. The molecular weight excluding hydrogens is 328 g/mol. The Morgan fingerprint density at radius 3 is 2.41 bits per heavy atom. The molecule has 2 aromatic rings. The van der Waals surface area contributed by atoms with Gasteiger partial charge in [-0.3, -0.25) is 9.82 Å². The first kappa shape index (κ1) is 16.6. The molecule has 0 spiro atoms. The van der Waals surface area contributed by atoms with Gasteiger partial charge in [0.25, 0.3) is 10.0 Å². The molecule has 0 fully saturated rings. The molecule has 0 aliphatic heterocycles. The monoisotopic (exact) mass is 342 g/mol. The van der Waals surface area contributed by atoms with Crippen molar-refractivity contribution in [2.75, 3.05) is 6.26 Å². The molecule has 1 aromatic heterocycles. The van der Waals surface area contributed by atoms with Crippen molar-refractivity contribution in [1.29, 1.82) is 0 Å². The number of pyridine rings is 1. The van der Waals surface area contributed by atoms with Gasteiger partial charge < -0.3 is 0 Å². The average molecular weight is 342 g/mol. The van der Waals surface area contributed by atoms with E-state index in [1.807, 2.05) is 4.89 Å². The van der Waals surface area contributed by atoms with Crippen molar-refractivity contribution in [2.45, 2.75) is 16.4 Å². The van der Waals surface area contributed by atoms with E-state index in [1.165, 1.54) is 18.2 Å². The molecule has 0 aliphatic carbocycles. The lowest BCUT2D eigenvalue weighted by Gasteiger charge is -2.08. The maximum Gasteiger partial charge on any atom is 0.262 e. The second-order valence-electron chi connectivity index (χ2n) is 4.44. The fourth-order valence-electron chi connectivity index (χ4n) is 1.58. The van der Waals surface area contributed by atoms with Crippen LogP contribution in [0, 0.1) is 0 Å². The number of nitrogens with zero attached hydrogens (tertiary/aromatic N) is 1. The highest BCUT2D eigenvalue weighted by molar-refractivity contribution is 7.91. The maximum atomic E-state index is 12.1. The highest BCUT2D eigenvalue weighted by Gasteiger charge is 2.17. The first-order valence-electron chi connectivity index (χ1n) is 6.13. The summed E-state index contributed by atoms with van der Waals surface area (Å²) in [7, 11) is -7.47. The average Bonchev–Trinajstić information content (AvgIpc) is 2.47. The highest BCUT2D eigenvalue weighted by Crippen LogP contribution is 2.15. The molecular formula is C13H14N2O5S2. The molecule has 118 valence electrons. The Morgan fingerprint density at radius 1 is 1.05 bits per heavy atom. The van der Waals surface area contributed by atoms with Crippen molar-refractivity contribution in [2.24, 2.45) is 0 Å². The van der Waals surface area contributed by atoms with Crippen LogP contribution in [0.1, 0.15) is 5.69 Å². The molecule has 1 heterocycles. The summed E-state index contributed by atoms with van der Waals surface area (Å²) < 4.78 is 47.0. The fourth-order valence-corrected chi connectivity index (χ4v) is 3.18. The number of aromatic nitrogens is 1. The predicted octanol–water partition coefficient (Wildman–Crippen LogP) is 0.895. The van der Waals surface area contributed by atoms with Crippen LogP contribution in [0.15, 0.2) is 58.5 Å². The summed E-state index contributed by atoms with van der Waals surface area (Å²) in [5, 5.41) is 0. The Labute approximate surface area is 128 Å². The van der Waals surface area contributed by atoms with Crippen LogP contribution in [0.25, 0.3) is 0 Å². The number of rotatable bonds is 6. The van der Waals surface area contributed by atoms with E-state index in [2.05, 4.69) is 4.98 Å². The number of nitrogens with one attached hydrogen (secondary N) is 1. The second-order valence-corrected chi connectivity index (χ2v) is 8.10. The first-order chi connectivity index (χ1) is 10.3. The van der Waals surface area contributed by atoms with E-state index in [0.717, 1.165) is 12.3 Å². The lowest BCUT2D eigenvalue weighted by molar-refractivity contribution is 0.0772. The molecule has 22 heavy (non-hydrogen) atoms. The van der Waals surface area contributed by atoms with Crippen LogP contribution in [0.4, 0.5) is 0 Å². The van der Waals surface area contributed by atoms with Gasteiger partial charge in [-0.05, 0) is 30.3 Å². The topological polar surface area (TPSA) is 102 Å². The SMILES string of the molecule is CS(=O)(=O)c1cccc(S(=O)(=O)NOCc2ccccn2)c1. The zero-order chi connectivity index (χ0) is 16.2. The molecule has 9 heteroatoms. The minimum absolute atomic E-state index is 0.0498. The minimum atomic E-state index is -3.98. The van der Waals surface area contributed by atoms with Crippen molar-refractivity contribution in [3.63, 3.8) is 0 Å². The maximum absolute atomic E-state index is 12.1. The Kier molecular flexibility index (Phi) is 4.91.